The zero-order chi connectivity index (χ0) is 23.6. The standard InChI is InChI=1S/C26H33NO4Si/c1-25(2,3)31-24(29)27-20(17-18-23(27)28)19-30-32(26(4,5)6,21-13-9-7-10-14-21)22-15-11-8-12-16-22/h7-18,28H,19H2,1-6H3. The number of rotatable bonds is 5. The highest BCUT2D eigenvalue weighted by molar-refractivity contribution is 6.99. The first kappa shape index (κ1) is 23.8. The van der Waals surface area contributed by atoms with E-state index in [-0.39, 0.29) is 17.5 Å². The van der Waals surface area contributed by atoms with Crippen LogP contribution in [0.15, 0.2) is 72.8 Å². The maximum Gasteiger partial charge on any atom is 0.421 e. The number of nitrogens with zero attached hydrogens (tertiary/aromatic N) is 1. The van der Waals surface area contributed by atoms with Gasteiger partial charge in [-0.15, -0.1) is 0 Å². The number of benzene rings is 2. The predicted molar refractivity (Wildman–Crippen MR) is 130 cm³/mol. The second-order valence-corrected chi connectivity index (χ2v) is 14.3. The van der Waals surface area contributed by atoms with Crippen molar-refractivity contribution in [3.8, 4) is 5.88 Å². The molecule has 0 fully saturated rings. The van der Waals surface area contributed by atoms with Crippen molar-refractivity contribution in [3.63, 3.8) is 0 Å². The number of aromatic hydroxyl groups is 1. The highest BCUT2D eigenvalue weighted by Gasteiger charge is 2.50. The lowest BCUT2D eigenvalue weighted by molar-refractivity contribution is 0.0515. The van der Waals surface area contributed by atoms with Gasteiger partial charge in [-0.2, -0.15) is 0 Å². The number of carbonyl (C=O) groups excluding carboxylic acids is 1. The third-order valence-corrected chi connectivity index (χ3v) is 10.4. The van der Waals surface area contributed by atoms with Crippen LogP contribution in [0, 0.1) is 0 Å². The summed E-state index contributed by atoms with van der Waals surface area (Å²) in [6.45, 7) is 12.1. The van der Waals surface area contributed by atoms with Crippen molar-refractivity contribution in [2.45, 2.75) is 58.8 Å². The zero-order valence-electron chi connectivity index (χ0n) is 19.8. The lowest BCUT2D eigenvalue weighted by atomic mass is 10.2. The molecule has 0 spiro atoms. The van der Waals surface area contributed by atoms with Crippen LogP contribution in [0.1, 0.15) is 47.2 Å². The van der Waals surface area contributed by atoms with E-state index in [1.807, 2.05) is 36.4 Å². The van der Waals surface area contributed by atoms with E-state index in [4.69, 9.17) is 9.16 Å². The Balaban J connectivity index is 2.06. The Morgan fingerprint density at radius 3 is 1.78 bits per heavy atom. The first-order valence-electron chi connectivity index (χ1n) is 10.8. The number of ether oxygens (including phenoxy) is 1. The van der Waals surface area contributed by atoms with Gasteiger partial charge < -0.3 is 14.3 Å². The quantitative estimate of drug-likeness (QED) is 0.551. The van der Waals surface area contributed by atoms with Gasteiger partial charge in [0.25, 0.3) is 8.32 Å². The zero-order valence-corrected chi connectivity index (χ0v) is 20.8. The van der Waals surface area contributed by atoms with Gasteiger partial charge in [-0.05, 0) is 42.2 Å². The molecule has 0 saturated carbocycles. The monoisotopic (exact) mass is 451 g/mol. The fourth-order valence-electron chi connectivity index (χ4n) is 4.04. The van der Waals surface area contributed by atoms with Crippen LogP contribution in [0.2, 0.25) is 5.04 Å². The normalized spacial score (nSPS) is 12.6. The Hall–Kier alpha value is -2.83. The molecule has 5 nitrogen and oxygen atoms in total. The molecule has 32 heavy (non-hydrogen) atoms. The third-order valence-electron chi connectivity index (χ3n) is 5.37. The number of hydrogen-bond donors (Lipinski definition) is 1. The van der Waals surface area contributed by atoms with Crippen molar-refractivity contribution >= 4 is 24.8 Å². The van der Waals surface area contributed by atoms with E-state index in [1.54, 1.807) is 26.8 Å². The van der Waals surface area contributed by atoms with Gasteiger partial charge in [0.15, 0.2) is 0 Å². The van der Waals surface area contributed by atoms with Crippen molar-refractivity contribution in [1.82, 2.24) is 4.57 Å². The van der Waals surface area contributed by atoms with Crippen LogP contribution in [0.3, 0.4) is 0 Å². The van der Waals surface area contributed by atoms with Crippen LogP contribution in [-0.2, 0) is 15.8 Å². The first-order chi connectivity index (χ1) is 15.0. The maximum atomic E-state index is 12.8. The molecule has 0 radical (unpaired) electrons. The van der Waals surface area contributed by atoms with E-state index < -0.39 is 20.0 Å². The van der Waals surface area contributed by atoms with Crippen LogP contribution in [0.4, 0.5) is 4.79 Å². The molecule has 1 aromatic heterocycles. The summed E-state index contributed by atoms with van der Waals surface area (Å²) in [5, 5.41) is 12.4. The fraction of sp³-hybridized carbons (Fsp3) is 0.346. The Labute approximate surface area is 191 Å². The SMILES string of the molecule is CC(C)(C)OC(=O)n1c(O)ccc1CO[Si](c1ccccc1)(c1ccccc1)C(C)(C)C. The molecule has 0 aliphatic carbocycles. The Morgan fingerprint density at radius 2 is 1.34 bits per heavy atom. The van der Waals surface area contributed by atoms with E-state index in [9.17, 15) is 9.90 Å². The molecule has 6 heteroatoms. The van der Waals surface area contributed by atoms with Gasteiger partial charge in [-0.3, -0.25) is 0 Å². The van der Waals surface area contributed by atoms with Crippen molar-refractivity contribution in [3.05, 3.63) is 78.5 Å². The molecule has 0 bridgehead atoms. The van der Waals surface area contributed by atoms with E-state index in [1.165, 1.54) is 10.6 Å². The first-order valence-corrected chi connectivity index (χ1v) is 12.7. The Morgan fingerprint density at radius 1 is 0.844 bits per heavy atom. The lowest BCUT2D eigenvalue weighted by Gasteiger charge is -2.43. The van der Waals surface area contributed by atoms with Crippen molar-refractivity contribution in [2.24, 2.45) is 0 Å². The van der Waals surface area contributed by atoms with Crippen LogP contribution in [0.25, 0.3) is 0 Å². The summed E-state index contributed by atoms with van der Waals surface area (Å²) >= 11 is 0. The van der Waals surface area contributed by atoms with Crippen molar-refractivity contribution < 1.29 is 19.1 Å². The molecule has 0 atom stereocenters. The van der Waals surface area contributed by atoms with E-state index >= 15 is 0 Å². The van der Waals surface area contributed by atoms with Crippen LogP contribution in [0.5, 0.6) is 5.88 Å². The fourth-order valence-corrected chi connectivity index (χ4v) is 8.56. The smallest absolute Gasteiger partial charge is 0.421 e. The summed E-state index contributed by atoms with van der Waals surface area (Å²) in [5.41, 5.74) is -0.131. The summed E-state index contributed by atoms with van der Waals surface area (Å²) in [5.74, 6) is -0.166. The molecule has 0 aliphatic rings. The van der Waals surface area contributed by atoms with E-state index in [0.717, 1.165) is 10.4 Å². The van der Waals surface area contributed by atoms with Gasteiger partial charge in [0.2, 0.25) is 5.88 Å². The molecule has 3 rings (SSSR count). The third kappa shape index (κ3) is 4.81. The molecular weight excluding hydrogens is 418 g/mol. The molecule has 1 N–H and O–H groups in total. The van der Waals surface area contributed by atoms with Crippen LogP contribution >= 0.6 is 0 Å². The summed E-state index contributed by atoms with van der Waals surface area (Å²) in [6.07, 6.45) is -0.624. The number of hydrogen-bond acceptors (Lipinski definition) is 4. The molecule has 170 valence electrons. The second-order valence-electron chi connectivity index (χ2n) is 9.95. The summed E-state index contributed by atoms with van der Waals surface area (Å²) in [7, 11) is -2.77. The highest BCUT2D eigenvalue weighted by Crippen LogP contribution is 2.37. The molecular formula is C26H33NO4Si. The average molecular weight is 452 g/mol. The molecule has 0 amide bonds. The van der Waals surface area contributed by atoms with Gasteiger partial charge in [-0.25, -0.2) is 9.36 Å². The topological polar surface area (TPSA) is 60.7 Å². The van der Waals surface area contributed by atoms with E-state index in [0.29, 0.717) is 5.69 Å². The summed E-state index contributed by atoms with van der Waals surface area (Å²) < 4.78 is 13.6. The Kier molecular flexibility index (Phi) is 6.67. The second kappa shape index (κ2) is 8.96. The Bertz CT molecular complexity index is 1010. The van der Waals surface area contributed by atoms with Gasteiger partial charge >= 0.3 is 6.09 Å². The van der Waals surface area contributed by atoms with Crippen molar-refractivity contribution in [1.29, 1.82) is 0 Å². The molecule has 0 saturated heterocycles. The molecule has 0 aliphatic heterocycles. The summed E-state index contributed by atoms with van der Waals surface area (Å²) in [4.78, 5) is 12.8. The van der Waals surface area contributed by atoms with Gasteiger partial charge in [0.1, 0.15) is 5.60 Å². The van der Waals surface area contributed by atoms with Crippen LogP contribution in [-0.4, -0.2) is 29.7 Å². The highest BCUT2D eigenvalue weighted by atomic mass is 28.4. The minimum atomic E-state index is -2.77. The number of carbonyl (C=O) groups is 1. The van der Waals surface area contributed by atoms with E-state index in [2.05, 4.69) is 45.0 Å². The lowest BCUT2D eigenvalue weighted by Crippen LogP contribution is -2.66. The minimum absolute atomic E-state index is 0.160. The molecule has 1 heterocycles. The largest absolute Gasteiger partial charge is 0.494 e. The molecule has 0 unspecified atom stereocenters. The van der Waals surface area contributed by atoms with Gasteiger partial charge in [-0.1, -0.05) is 81.4 Å². The number of aromatic nitrogens is 1. The molecule has 3 aromatic rings. The van der Waals surface area contributed by atoms with Crippen molar-refractivity contribution in [2.75, 3.05) is 0 Å². The van der Waals surface area contributed by atoms with Gasteiger partial charge in [0, 0.05) is 6.07 Å². The maximum absolute atomic E-state index is 12.8. The minimum Gasteiger partial charge on any atom is -0.494 e. The summed E-state index contributed by atoms with van der Waals surface area (Å²) in [6, 6.07) is 23.8. The predicted octanol–water partition coefficient (Wildman–Crippen LogP) is 5.05. The van der Waals surface area contributed by atoms with Gasteiger partial charge in [0.05, 0.1) is 12.3 Å². The van der Waals surface area contributed by atoms with Crippen LogP contribution < -0.4 is 10.4 Å². The average Bonchev–Trinajstić information content (AvgIpc) is 3.08. The molecule has 2 aromatic carbocycles.